The molecule has 0 amide bonds. The molecule has 1 aliphatic heterocycles. The minimum absolute atomic E-state index is 0.0703. The normalized spacial score (nSPS) is 21.2. The molecule has 0 unspecified atom stereocenters. The molecular weight excluding hydrogens is 316 g/mol. The van der Waals surface area contributed by atoms with Crippen molar-refractivity contribution in [3.05, 3.63) is 54.1 Å². The number of pyridine rings is 1. The smallest absolute Gasteiger partial charge is 0.170 e. The molecule has 2 aromatic heterocycles. The third-order valence-corrected chi connectivity index (χ3v) is 4.85. The highest BCUT2D eigenvalue weighted by molar-refractivity contribution is 7.80. The fraction of sp³-hybridized carbons (Fsp3) is 0.474. The quantitative estimate of drug-likeness (QED) is 0.851. The van der Waals surface area contributed by atoms with E-state index < -0.39 is 0 Å². The SMILES string of the molecule is CCCN1C(=S)N[C@@H](c2ccccn2)[C@@H]1c1ccn(C(C)(C)C)c1. The first-order valence-electron chi connectivity index (χ1n) is 8.58. The molecule has 0 saturated carbocycles. The van der Waals surface area contributed by atoms with Gasteiger partial charge in [0.25, 0.3) is 0 Å². The van der Waals surface area contributed by atoms with E-state index in [-0.39, 0.29) is 17.6 Å². The summed E-state index contributed by atoms with van der Waals surface area (Å²) in [5.41, 5.74) is 2.38. The van der Waals surface area contributed by atoms with Crippen LogP contribution < -0.4 is 5.32 Å². The van der Waals surface area contributed by atoms with Gasteiger partial charge in [-0.25, -0.2) is 0 Å². The van der Waals surface area contributed by atoms with E-state index in [1.165, 1.54) is 5.56 Å². The maximum absolute atomic E-state index is 5.62. The lowest BCUT2D eigenvalue weighted by molar-refractivity contribution is 0.316. The fourth-order valence-corrected chi connectivity index (χ4v) is 3.59. The minimum Gasteiger partial charge on any atom is -0.352 e. The number of aromatic nitrogens is 2. The zero-order valence-electron chi connectivity index (χ0n) is 14.9. The van der Waals surface area contributed by atoms with Crippen LogP contribution in [0.1, 0.15) is 57.5 Å². The van der Waals surface area contributed by atoms with Gasteiger partial charge in [0.2, 0.25) is 0 Å². The van der Waals surface area contributed by atoms with Crippen LogP contribution in [-0.4, -0.2) is 26.1 Å². The topological polar surface area (TPSA) is 33.1 Å². The van der Waals surface area contributed by atoms with Gasteiger partial charge >= 0.3 is 0 Å². The van der Waals surface area contributed by atoms with Gasteiger partial charge in [-0.3, -0.25) is 4.98 Å². The Kier molecular flexibility index (Phi) is 4.63. The van der Waals surface area contributed by atoms with Gasteiger partial charge in [0, 0.05) is 30.7 Å². The van der Waals surface area contributed by atoms with Crippen LogP contribution in [0.2, 0.25) is 0 Å². The van der Waals surface area contributed by atoms with Crippen molar-refractivity contribution in [1.82, 2.24) is 19.8 Å². The van der Waals surface area contributed by atoms with Crippen LogP contribution in [0.25, 0.3) is 0 Å². The molecule has 1 fully saturated rings. The monoisotopic (exact) mass is 342 g/mol. The van der Waals surface area contributed by atoms with Crippen LogP contribution >= 0.6 is 12.2 Å². The number of nitrogens with one attached hydrogen (secondary N) is 1. The molecule has 4 nitrogen and oxygen atoms in total. The van der Waals surface area contributed by atoms with Crippen LogP contribution in [-0.2, 0) is 5.54 Å². The summed E-state index contributed by atoms with van der Waals surface area (Å²) in [5, 5.41) is 4.31. The van der Waals surface area contributed by atoms with Crippen molar-refractivity contribution in [2.24, 2.45) is 0 Å². The Hall–Kier alpha value is -1.88. The standard InChI is InChI=1S/C19H26N4S/c1-5-11-23-17(14-9-12-22(13-14)19(2,3)4)16(21-18(23)24)15-8-6-7-10-20-15/h6-10,12-13,16-17H,5,11H2,1-4H3,(H,21,24)/t16-,17-/m0/s1. The first kappa shape index (κ1) is 17.0. The van der Waals surface area contributed by atoms with Gasteiger partial charge in [0.1, 0.15) is 0 Å². The molecule has 128 valence electrons. The molecule has 0 spiro atoms. The summed E-state index contributed by atoms with van der Waals surface area (Å²) in [4.78, 5) is 6.87. The van der Waals surface area contributed by atoms with Crippen LogP contribution in [0.4, 0.5) is 0 Å². The molecular formula is C19H26N4S. The highest BCUT2D eigenvalue weighted by atomic mass is 32.1. The highest BCUT2D eigenvalue weighted by Gasteiger charge is 2.39. The largest absolute Gasteiger partial charge is 0.352 e. The Bertz CT molecular complexity index is 702. The summed E-state index contributed by atoms with van der Waals surface area (Å²) >= 11 is 5.62. The van der Waals surface area contributed by atoms with Crippen molar-refractivity contribution >= 4 is 17.3 Å². The summed E-state index contributed by atoms with van der Waals surface area (Å²) in [6.07, 6.45) is 7.32. The lowest BCUT2D eigenvalue weighted by Gasteiger charge is -2.27. The van der Waals surface area contributed by atoms with E-state index in [9.17, 15) is 0 Å². The van der Waals surface area contributed by atoms with Crippen molar-refractivity contribution < 1.29 is 0 Å². The lowest BCUT2D eigenvalue weighted by Crippen LogP contribution is -2.30. The molecule has 3 heterocycles. The van der Waals surface area contributed by atoms with Crippen molar-refractivity contribution in [2.45, 2.75) is 51.7 Å². The Labute approximate surface area is 149 Å². The molecule has 1 aliphatic rings. The van der Waals surface area contributed by atoms with Gasteiger partial charge in [-0.15, -0.1) is 0 Å². The highest BCUT2D eigenvalue weighted by Crippen LogP contribution is 2.39. The van der Waals surface area contributed by atoms with Crippen LogP contribution in [0, 0.1) is 0 Å². The van der Waals surface area contributed by atoms with E-state index in [1.807, 2.05) is 18.3 Å². The summed E-state index contributed by atoms with van der Waals surface area (Å²) < 4.78 is 2.27. The van der Waals surface area contributed by atoms with Gasteiger partial charge in [-0.05, 0) is 63.2 Å². The number of nitrogens with zero attached hydrogens (tertiary/aromatic N) is 3. The second-order valence-corrected chi connectivity index (χ2v) is 7.73. The summed E-state index contributed by atoms with van der Waals surface area (Å²) in [7, 11) is 0. The van der Waals surface area contributed by atoms with E-state index in [2.05, 4.69) is 72.0 Å². The summed E-state index contributed by atoms with van der Waals surface area (Å²) in [5.74, 6) is 0. The van der Waals surface area contributed by atoms with E-state index >= 15 is 0 Å². The molecule has 24 heavy (non-hydrogen) atoms. The van der Waals surface area contributed by atoms with Gasteiger partial charge < -0.3 is 14.8 Å². The van der Waals surface area contributed by atoms with E-state index in [4.69, 9.17) is 12.2 Å². The van der Waals surface area contributed by atoms with Gasteiger partial charge in [0.15, 0.2) is 5.11 Å². The maximum Gasteiger partial charge on any atom is 0.170 e. The molecule has 0 bridgehead atoms. The maximum atomic E-state index is 5.62. The van der Waals surface area contributed by atoms with Crippen molar-refractivity contribution in [2.75, 3.05) is 6.54 Å². The van der Waals surface area contributed by atoms with Crippen molar-refractivity contribution in [1.29, 1.82) is 0 Å². The third kappa shape index (κ3) is 3.18. The molecule has 0 aromatic carbocycles. The van der Waals surface area contributed by atoms with Gasteiger partial charge in [-0.2, -0.15) is 0 Å². The molecule has 3 rings (SSSR count). The predicted octanol–water partition coefficient (Wildman–Crippen LogP) is 4.02. The molecule has 2 aromatic rings. The zero-order valence-corrected chi connectivity index (χ0v) is 15.7. The van der Waals surface area contributed by atoms with E-state index in [0.29, 0.717) is 0 Å². The second kappa shape index (κ2) is 6.55. The predicted molar refractivity (Wildman–Crippen MR) is 102 cm³/mol. The van der Waals surface area contributed by atoms with Gasteiger partial charge in [-0.1, -0.05) is 13.0 Å². The average molecular weight is 343 g/mol. The molecule has 2 atom stereocenters. The van der Waals surface area contributed by atoms with Crippen molar-refractivity contribution in [3.63, 3.8) is 0 Å². The minimum atomic E-state index is 0.0703. The summed E-state index contributed by atoms with van der Waals surface area (Å²) in [6.45, 7) is 9.78. The Morgan fingerprint density at radius 3 is 2.62 bits per heavy atom. The Morgan fingerprint density at radius 1 is 1.25 bits per heavy atom. The number of hydrogen-bond donors (Lipinski definition) is 1. The first-order valence-corrected chi connectivity index (χ1v) is 8.99. The molecule has 1 saturated heterocycles. The lowest BCUT2D eigenvalue weighted by atomic mass is 9.99. The summed E-state index contributed by atoms with van der Waals surface area (Å²) in [6, 6.07) is 8.53. The van der Waals surface area contributed by atoms with Gasteiger partial charge in [0.05, 0.1) is 17.8 Å². The number of thiocarbonyl (C=S) groups is 1. The van der Waals surface area contributed by atoms with E-state index in [0.717, 1.165) is 23.8 Å². The second-order valence-electron chi connectivity index (χ2n) is 7.34. The molecule has 5 heteroatoms. The Morgan fingerprint density at radius 2 is 2.04 bits per heavy atom. The molecule has 0 radical (unpaired) electrons. The average Bonchev–Trinajstić information content (AvgIpc) is 3.14. The third-order valence-electron chi connectivity index (χ3n) is 4.49. The Balaban J connectivity index is 2.01. The van der Waals surface area contributed by atoms with Crippen LogP contribution in [0.5, 0.6) is 0 Å². The fourth-order valence-electron chi connectivity index (χ4n) is 3.26. The van der Waals surface area contributed by atoms with E-state index in [1.54, 1.807) is 0 Å². The number of hydrogen-bond acceptors (Lipinski definition) is 2. The number of rotatable bonds is 4. The van der Waals surface area contributed by atoms with Crippen LogP contribution in [0.15, 0.2) is 42.9 Å². The molecule has 1 N–H and O–H groups in total. The first-order chi connectivity index (χ1) is 11.4. The molecule has 0 aliphatic carbocycles. The van der Waals surface area contributed by atoms with Crippen LogP contribution in [0.3, 0.4) is 0 Å². The zero-order chi connectivity index (χ0) is 17.3. The van der Waals surface area contributed by atoms with Crippen molar-refractivity contribution in [3.8, 4) is 0 Å².